The molecule has 9 heteroatoms. The number of hydrogen-bond acceptors (Lipinski definition) is 6. The van der Waals surface area contributed by atoms with Gasteiger partial charge < -0.3 is 14.5 Å². The molecule has 1 aliphatic rings. The van der Waals surface area contributed by atoms with E-state index in [0.717, 1.165) is 6.07 Å². The molecule has 2 aromatic rings. The Labute approximate surface area is 148 Å². The third-order valence-electron chi connectivity index (χ3n) is 4.16. The SMILES string of the molecule is COc1ccnc(N2CCN(c3ccc(C#N)cc3C(F)(F)F)CC2)n1. The first-order valence-electron chi connectivity index (χ1n) is 7.90. The van der Waals surface area contributed by atoms with E-state index in [-0.39, 0.29) is 11.3 Å². The first-order chi connectivity index (χ1) is 12.4. The van der Waals surface area contributed by atoms with Crippen molar-refractivity contribution in [2.24, 2.45) is 0 Å². The molecule has 26 heavy (non-hydrogen) atoms. The first-order valence-corrected chi connectivity index (χ1v) is 7.90. The number of nitrogens with zero attached hydrogens (tertiary/aromatic N) is 5. The molecule has 1 saturated heterocycles. The van der Waals surface area contributed by atoms with Gasteiger partial charge in [0.15, 0.2) is 0 Å². The molecular formula is C17H16F3N5O. The molecule has 6 nitrogen and oxygen atoms in total. The molecule has 1 aromatic carbocycles. The fourth-order valence-corrected chi connectivity index (χ4v) is 2.85. The van der Waals surface area contributed by atoms with Crippen LogP contribution in [0.4, 0.5) is 24.8 Å². The molecule has 1 aliphatic heterocycles. The highest BCUT2D eigenvalue weighted by Crippen LogP contribution is 2.37. The van der Waals surface area contributed by atoms with Crippen LogP contribution in [0.2, 0.25) is 0 Å². The van der Waals surface area contributed by atoms with Crippen LogP contribution in [0, 0.1) is 11.3 Å². The van der Waals surface area contributed by atoms with E-state index >= 15 is 0 Å². The third kappa shape index (κ3) is 3.64. The number of rotatable bonds is 3. The molecule has 0 aliphatic carbocycles. The summed E-state index contributed by atoms with van der Waals surface area (Å²) in [6.07, 6.45) is -2.94. The van der Waals surface area contributed by atoms with Crippen LogP contribution in [0.3, 0.4) is 0 Å². The number of aromatic nitrogens is 2. The summed E-state index contributed by atoms with van der Waals surface area (Å²) >= 11 is 0. The lowest BCUT2D eigenvalue weighted by Gasteiger charge is -2.37. The smallest absolute Gasteiger partial charge is 0.418 e. The van der Waals surface area contributed by atoms with Crippen LogP contribution in [-0.2, 0) is 6.18 Å². The van der Waals surface area contributed by atoms with Gasteiger partial charge in [-0.3, -0.25) is 0 Å². The van der Waals surface area contributed by atoms with E-state index in [1.54, 1.807) is 23.2 Å². The summed E-state index contributed by atoms with van der Waals surface area (Å²) in [5.41, 5.74) is -0.713. The zero-order valence-corrected chi connectivity index (χ0v) is 14.0. The standard InChI is InChI=1S/C17H16F3N5O/c1-26-15-4-5-22-16(23-15)25-8-6-24(7-9-25)14-3-2-12(11-21)10-13(14)17(18,19)20/h2-5,10H,6-9H2,1H3. The number of alkyl halides is 3. The van der Waals surface area contributed by atoms with Gasteiger partial charge in [0.25, 0.3) is 0 Å². The quantitative estimate of drug-likeness (QED) is 0.835. The van der Waals surface area contributed by atoms with Crippen LogP contribution in [-0.4, -0.2) is 43.3 Å². The van der Waals surface area contributed by atoms with Crippen molar-refractivity contribution in [3.63, 3.8) is 0 Å². The lowest BCUT2D eigenvalue weighted by Crippen LogP contribution is -2.47. The number of anilines is 2. The van der Waals surface area contributed by atoms with Crippen molar-refractivity contribution >= 4 is 11.6 Å². The summed E-state index contributed by atoms with van der Waals surface area (Å²) in [5.74, 6) is 0.920. The monoisotopic (exact) mass is 363 g/mol. The van der Waals surface area contributed by atoms with Crippen molar-refractivity contribution in [1.82, 2.24) is 9.97 Å². The number of nitriles is 1. The average Bonchev–Trinajstić information content (AvgIpc) is 2.67. The zero-order chi connectivity index (χ0) is 18.7. The van der Waals surface area contributed by atoms with Crippen LogP contribution >= 0.6 is 0 Å². The maximum absolute atomic E-state index is 13.4. The highest BCUT2D eigenvalue weighted by Gasteiger charge is 2.36. The minimum Gasteiger partial charge on any atom is -0.481 e. The van der Waals surface area contributed by atoms with E-state index in [1.165, 1.54) is 19.2 Å². The number of ether oxygens (including phenoxy) is 1. The second kappa shape index (κ2) is 7.07. The van der Waals surface area contributed by atoms with Gasteiger partial charge in [0.05, 0.1) is 24.3 Å². The predicted molar refractivity (Wildman–Crippen MR) is 89.2 cm³/mol. The number of benzene rings is 1. The fourth-order valence-electron chi connectivity index (χ4n) is 2.85. The van der Waals surface area contributed by atoms with Crippen molar-refractivity contribution in [3.8, 4) is 11.9 Å². The second-order valence-corrected chi connectivity index (χ2v) is 5.71. The van der Waals surface area contributed by atoms with Crippen LogP contribution in [0.25, 0.3) is 0 Å². The maximum atomic E-state index is 13.4. The molecule has 0 saturated carbocycles. The Bertz CT molecular complexity index is 826. The molecule has 0 radical (unpaired) electrons. The van der Waals surface area contributed by atoms with Gasteiger partial charge in [-0.05, 0) is 18.2 Å². The largest absolute Gasteiger partial charge is 0.481 e. The van der Waals surface area contributed by atoms with E-state index in [4.69, 9.17) is 10.00 Å². The van der Waals surface area contributed by atoms with Crippen LogP contribution in [0.1, 0.15) is 11.1 Å². The highest BCUT2D eigenvalue weighted by atomic mass is 19.4. The first kappa shape index (κ1) is 17.8. The molecule has 1 fully saturated rings. The Morgan fingerprint density at radius 2 is 1.81 bits per heavy atom. The maximum Gasteiger partial charge on any atom is 0.418 e. The third-order valence-corrected chi connectivity index (χ3v) is 4.16. The van der Waals surface area contributed by atoms with E-state index in [9.17, 15) is 13.2 Å². The summed E-state index contributed by atoms with van der Waals surface area (Å²) in [5, 5.41) is 8.87. The molecule has 2 heterocycles. The van der Waals surface area contributed by atoms with Gasteiger partial charge in [0.1, 0.15) is 0 Å². The minimum atomic E-state index is -4.52. The Balaban J connectivity index is 1.79. The summed E-state index contributed by atoms with van der Waals surface area (Å²) < 4.78 is 45.2. The summed E-state index contributed by atoms with van der Waals surface area (Å²) in [6.45, 7) is 1.72. The zero-order valence-electron chi connectivity index (χ0n) is 14.0. The molecule has 0 N–H and O–H groups in total. The summed E-state index contributed by atoms with van der Waals surface area (Å²) in [7, 11) is 1.51. The van der Waals surface area contributed by atoms with Crippen molar-refractivity contribution < 1.29 is 17.9 Å². The molecule has 0 atom stereocenters. The van der Waals surface area contributed by atoms with Gasteiger partial charge in [-0.1, -0.05) is 0 Å². The Hall–Kier alpha value is -3.02. The second-order valence-electron chi connectivity index (χ2n) is 5.71. The Morgan fingerprint density at radius 3 is 2.42 bits per heavy atom. The average molecular weight is 363 g/mol. The van der Waals surface area contributed by atoms with Crippen molar-refractivity contribution in [2.75, 3.05) is 43.1 Å². The van der Waals surface area contributed by atoms with Gasteiger partial charge in [-0.15, -0.1) is 0 Å². The van der Waals surface area contributed by atoms with E-state index < -0.39 is 11.7 Å². The van der Waals surface area contributed by atoms with Gasteiger partial charge in [0.2, 0.25) is 11.8 Å². The Morgan fingerprint density at radius 1 is 1.12 bits per heavy atom. The molecule has 0 unspecified atom stereocenters. The van der Waals surface area contributed by atoms with Gasteiger partial charge in [-0.2, -0.15) is 23.4 Å². The number of methoxy groups -OCH3 is 1. The molecule has 3 rings (SSSR count). The van der Waals surface area contributed by atoms with Crippen molar-refractivity contribution in [3.05, 3.63) is 41.6 Å². The number of halogens is 3. The fraction of sp³-hybridized carbons (Fsp3) is 0.353. The number of piperazine rings is 1. The molecule has 0 spiro atoms. The molecule has 0 bridgehead atoms. The van der Waals surface area contributed by atoms with E-state index in [2.05, 4.69) is 9.97 Å². The molecular weight excluding hydrogens is 347 g/mol. The van der Waals surface area contributed by atoms with Crippen LogP contribution < -0.4 is 14.5 Å². The van der Waals surface area contributed by atoms with Crippen molar-refractivity contribution in [2.45, 2.75) is 6.18 Å². The minimum absolute atomic E-state index is 0.00973. The molecule has 1 aromatic heterocycles. The van der Waals surface area contributed by atoms with Crippen molar-refractivity contribution in [1.29, 1.82) is 5.26 Å². The summed E-state index contributed by atoms with van der Waals surface area (Å²) in [6, 6.07) is 7.05. The number of hydrogen-bond donors (Lipinski definition) is 0. The van der Waals surface area contributed by atoms with Gasteiger partial charge in [-0.25, -0.2) is 4.98 Å². The van der Waals surface area contributed by atoms with Gasteiger partial charge >= 0.3 is 6.18 Å². The molecule has 0 amide bonds. The van der Waals surface area contributed by atoms with Crippen LogP contribution in [0.15, 0.2) is 30.5 Å². The predicted octanol–water partition coefficient (Wildman–Crippen LogP) is 2.70. The normalized spacial score (nSPS) is 14.9. The lowest BCUT2D eigenvalue weighted by molar-refractivity contribution is -0.137. The summed E-state index contributed by atoms with van der Waals surface area (Å²) in [4.78, 5) is 12.0. The molecule has 136 valence electrons. The van der Waals surface area contributed by atoms with Crippen LogP contribution in [0.5, 0.6) is 5.88 Å². The lowest BCUT2D eigenvalue weighted by atomic mass is 10.1. The topological polar surface area (TPSA) is 65.3 Å². The van der Waals surface area contributed by atoms with E-state index in [0.29, 0.717) is 38.0 Å². The van der Waals surface area contributed by atoms with Gasteiger partial charge in [0, 0.05) is 44.1 Å². The van der Waals surface area contributed by atoms with E-state index in [1.807, 2.05) is 4.90 Å². The Kier molecular flexibility index (Phi) is 4.84. The highest BCUT2D eigenvalue weighted by molar-refractivity contribution is 5.59.